The van der Waals surface area contributed by atoms with Crippen LogP contribution in [-0.2, 0) is 19.4 Å². The van der Waals surface area contributed by atoms with Crippen molar-refractivity contribution in [2.24, 2.45) is 4.99 Å². The number of rotatable bonds is 36. The van der Waals surface area contributed by atoms with Crippen molar-refractivity contribution in [2.75, 3.05) is 20.7 Å². The Morgan fingerprint density at radius 1 is 0.673 bits per heavy atom. The first-order chi connectivity index (χ1) is 25.1. The van der Waals surface area contributed by atoms with Crippen molar-refractivity contribution in [3.63, 3.8) is 0 Å². The van der Waals surface area contributed by atoms with E-state index in [1.54, 1.807) is 0 Å². The van der Waals surface area contributed by atoms with Gasteiger partial charge in [-0.3, -0.25) is 18.5 Å². The molecule has 2 N–H and O–H groups in total. The predicted molar refractivity (Wildman–Crippen MR) is 224 cm³/mol. The summed E-state index contributed by atoms with van der Waals surface area (Å²) >= 11 is 0. The molecule has 0 aromatic heterocycles. The first kappa shape index (κ1) is 50.8. The lowest BCUT2D eigenvalue weighted by molar-refractivity contribution is -0.121. The number of hydrogen-bond acceptors (Lipinski definition) is 6. The van der Waals surface area contributed by atoms with Crippen molar-refractivity contribution in [1.29, 1.82) is 0 Å². The van der Waals surface area contributed by atoms with E-state index < -0.39 is 10.4 Å². The van der Waals surface area contributed by atoms with Crippen LogP contribution in [-0.4, -0.2) is 62.4 Å². The third kappa shape index (κ3) is 34.6. The maximum Gasteiger partial charge on any atom is 0.397 e. The van der Waals surface area contributed by atoms with Crippen LogP contribution in [0.25, 0.3) is 0 Å². The van der Waals surface area contributed by atoms with E-state index in [4.69, 9.17) is 9.55 Å². The molecular weight excluding hydrogens is 671 g/mol. The standard InChI is InChI=1S/C42H83N3O.CH4O4S/c1-5-7-9-11-13-15-17-19-21-23-24-26-28-30-32-34-36-41-44-40(38-45(41)4)39(3)43-42(46)37-35-33-31-29-27-25-22-20-18-16-14-12-10-8-6-2;1-5-6(2,3)4/h39-40H,5-38H2,1-4H3,(H,43,46);1H3,(H,2,3,4). The van der Waals surface area contributed by atoms with E-state index in [1.807, 2.05) is 0 Å². The summed E-state index contributed by atoms with van der Waals surface area (Å²) in [6.45, 7) is 7.67. The van der Waals surface area contributed by atoms with Crippen LogP contribution in [0.4, 0.5) is 0 Å². The third-order valence-electron chi connectivity index (χ3n) is 10.7. The largest absolute Gasteiger partial charge is 0.397 e. The first-order valence-electron chi connectivity index (χ1n) is 22.2. The van der Waals surface area contributed by atoms with Gasteiger partial charge in [0.25, 0.3) is 0 Å². The normalized spacial score (nSPS) is 15.0. The van der Waals surface area contributed by atoms with E-state index in [2.05, 4.69) is 42.2 Å². The quantitative estimate of drug-likeness (QED) is 0.0486. The molecule has 8 nitrogen and oxygen atoms in total. The molecule has 0 radical (unpaired) electrons. The molecule has 1 aliphatic rings. The number of amides is 1. The molecule has 1 aliphatic heterocycles. The highest BCUT2D eigenvalue weighted by Gasteiger charge is 2.27. The van der Waals surface area contributed by atoms with Gasteiger partial charge in [-0.2, -0.15) is 8.42 Å². The number of nitrogens with zero attached hydrogens (tertiary/aromatic N) is 2. The van der Waals surface area contributed by atoms with Gasteiger partial charge in [-0.15, -0.1) is 0 Å². The number of likely N-dealkylation sites (N-methyl/N-ethyl adjacent to an activating group) is 1. The van der Waals surface area contributed by atoms with Gasteiger partial charge in [-0.25, -0.2) is 0 Å². The summed E-state index contributed by atoms with van der Waals surface area (Å²) in [5, 5.41) is 3.26. The molecule has 1 amide bonds. The second-order valence-corrected chi connectivity index (χ2v) is 16.9. The van der Waals surface area contributed by atoms with Crippen LogP contribution in [0.5, 0.6) is 0 Å². The van der Waals surface area contributed by atoms with Crippen LogP contribution in [0.2, 0.25) is 0 Å². The zero-order chi connectivity index (χ0) is 38.5. The Bertz CT molecular complexity index is 930. The van der Waals surface area contributed by atoms with Crippen LogP contribution in [0.3, 0.4) is 0 Å². The van der Waals surface area contributed by atoms with Crippen LogP contribution in [0.15, 0.2) is 4.99 Å². The molecule has 2 unspecified atom stereocenters. The van der Waals surface area contributed by atoms with Crippen LogP contribution in [0, 0.1) is 0 Å². The number of unbranched alkanes of at least 4 members (excludes halogenated alkanes) is 29. The second-order valence-electron chi connectivity index (χ2n) is 15.7. The molecule has 310 valence electrons. The highest BCUT2D eigenvalue weighted by atomic mass is 32.3. The number of aliphatic imine (C=N–C) groups is 1. The van der Waals surface area contributed by atoms with Crippen LogP contribution < -0.4 is 5.32 Å². The second kappa shape index (κ2) is 36.8. The van der Waals surface area contributed by atoms with Crippen molar-refractivity contribution in [3.05, 3.63) is 0 Å². The lowest BCUT2D eigenvalue weighted by Gasteiger charge is -2.20. The summed E-state index contributed by atoms with van der Waals surface area (Å²) in [5.74, 6) is 1.46. The molecule has 0 bridgehead atoms. The number of carbonyl (C=O) groups excluding carboxylic acids is 1. The van der Waals surface area contributed by atoms with Gasteiger partial charge < -0.3 is 10.2 Å². The van der Waals surface area contributed by atoms with E-state index >= 15 is 0 Å². The average molecular weight is 758 g/mol. The monoisotopic (exact) mass is 758 g/mol. The van der Waals surface area contributed by atoms with E-state index in [-0.39, 0.29) is 18.0 Å². The Balaban J connectivity index is 0.00000397. The zero-order valence-corrected chi connectivity index (χ0v) is 35.9. The van der Waals surface area contributed by atoms with Gasteiger partial charge >= 0.3 is 10.4 Å². The molecule has 0 fully saturated rings. The molecule has 1 heterocycles. The highest BCUT2D eigenvalue weighted by Crippen LogP contribution is 2.18. The molecule has 0 saturated heterocycles. The van der Waals surface area contributed by atoms with Gasteiger partial charge in [0.2, 0.25) is 5.91 Å². The SMILES string of the molecule is CCCCCCCCCCCCCCCCCCC1=NC(C(C)NC(=O)CCCCCCCCCCCCCCCCC)CN1C.COS(=O)(=O)O. The van der Waals surface area contributed by atoms with Gasteiger partial charge in [0.1, 0.15) is 0 Å². The van der Waals surface area contributed by atoms with E-state index in [9.17, 15) is 13.2 Å². The smallest absolute Gasteiger partial charge is 0.361 e. The van der Waals surface area contributed by atoms with Gasteiger partial charge in [0.15, 0.2) is 0 Å². The molecule has 0 aromatic rings. The first-order valence-corrected chi connectivity index (χ1v) is 23.6. The Morgan fingerprint density at radius 2 is 0.981 bits per heavy atom. The Hall–Kier alpha value is -1.19. The third-order valence-corrected chi connectivity index (χ3v) is 11.1. The zero-order valence-electron chi connectivity index (χ0n) is 35.1. The molecule has 52 heavy (non-hydrogen) atoms. The minimum Gasteiger partial charge on any atom is -0.361 e. The fourth-order valence-corrected chi connectivity index (χ4v) is 7.15. The summed E-state index contributed by atoms with van der Waals surface area (Å²) in [6, 6.07) is 0.320. The van der Waals surface area contributed by atoms with Crippen molar-refractivity contribution in [1.82, 2.24) is 10.2 Å². The van der Waals surface area contributed by atoms with Gasteiger partial charge in [-0.05, 0) is 19.8 Å². The molecule has 0 spiro atoms. The molecule has 9 heteroatoms. The number of hydrogen-bond donors (Lipinski definition) is 2. The van der Waals surface area contributed by atoms with E-state index in [0.29, 0.717) is 6.42 Å². The number of nitrogens with one attached hydrogen (secondary N) is 1. The Morgan fingerprint density at radius 3 is 1.31 bits per heavy atom. The van der Waals surface area contributed by atoms with Gasteiger partial charge in [0, 0.05) is 26.4 Å². The lowest BCUT2D eigenvalue weighted by Crippen LogP contribution is -2.42. The molecule has 0 saturated carbocycles. The van der Waals surface area contributed by atoms with Crippen molar-refractivity contribution < 1.29 is 21.9 Å². The van der Waals surface area contributed by atoms with Crippen LogP contribution in [0.1, 0.15) is 233 Å². The minimum atomic E-state index is -4.16. The highest BCUT2D eigenvalue weighted by molar-refractivity contribution is 7.80. The number of amidine groups is 1. The fourth-order valence-electron chi connectivity index (χ4n) is 7.15. The van der Waals surface area contributed by atoms with Gasteiger partial charge in [-0.1, -0.05) is 200 Å². The summed E-state index contributed by atoms with van der Waals surface area (Å²) in [6.07, 6.45) is 44.7. The molecular formula is C43H87N3O5S. The van der Waals surface area contributed by atoms with E-state index in [1.165, 1.54) is 198 Å². The molecule has 0 aliphatic carbocycles. The fraction of sp³-hybridized carbons (Fsp3) is 0.953. The summed E-state index contributed by atoms with van der Waals surface area (Å²) < 4.78 is 29.7. The van der Waals surface area contributed by atoms with Crippen LogP contribution >= 0.6 is 0 Å². The average Bonchev–Trinajstić information content (AvgIpc) is 3.49. The lowest BCUT2D eigenvalue weighted by atomic mass is 10.0. The maximum absolute atomic E-state index is 12.6. The topological polar surface area (TPSA) is 108 Å². The minimum absolute atomic E-state index is 0.120. The summed E-state index contributed by atoms with van der Waals surface area (Å²) in [4.78, 5) is 19.9. The van der Waals surface area contributed by atoms with E-state index in [0.717, 1.165) is 26.5 Å². The number of carbonyl (C=O) groups is 1. The summed E-state index contributed by atoms with van der Waals surface area (Å²) in [7, 11) is -1.12. The van der Waals surface area contributed by atoms with Crippen molar-refractivity contribution >= 4 is 22.1 Å². The van der Waals surface area contributed by atoms with Crippen molar-refractivity contribution in [2.45, 2.75) is 245 Å². The van der Waals surface area contributed by atoms with Gasteiger partial charge in [0.05, 0.1) is 25.0 Å². The summed E-state index contributed by atoms with van der Waals surface area (Å²) in [5.41, 5.74) is 0. The molecule has 1 rings (SSSR count). The van der Waals surface area contributed by atoms with Crippen molar-refractivity contribution in [3.8, 4) is 0 Å². The Labute approximate surface area is 323 Å². The Kier molecular flexibility index (Phi) is 35.9. The molecule has 2 atom stereocenters. The predicted octanol–water partition coefficient (Wildman–Crippen LogP) is 12.6. The molecule has 0 aromatic carbocycles. The maximum atomic E-state index is 12.6.